The number of carboxylic acids is 1. The fourth-order valence-electron chi connectivity index (χ4n) is 3.00. The molecule has 2 aliphatic rings. The molecule has 2 aliphatic heterocycles. The van der Waals surface area contributed by atoms with Gasteiger partial charge in [0.05, 0.1) is 17.8 Å². The highest BCUT2D eigenvalue weighted by Crippen LogP contribution is 2.40. The Kier molecular flexibility index (Phi) is 4.41. The molecule has 0 bridgehead atoms. The van der Waals surface area contributed by atoms with Crippen molar-refractivity contribution in [1.29, 1.82) is 0 Å². The summed E-state index contributed by atoms with van der Waals surface area (Å²) in [7, 11) is -0.262. The van der Waals surface area contributed by atoms with E-state index in [2.05, 4.69) is 5.32 Å². The molecule has 7 heteroatoms. The smallest absolute Gasteiger partial charge is 0.457 e. The van der Waals surface area contributed by atoms with Gasteiger partial charge in [-0.05, 0) is 40.4 Å². The van der Waals surface area contributed by atoms with E-state index in [-0.39, 0.29) is 24.9 Å². The van der Waals surface area contributed by atoms with Crippen LogP contribution in [0.2, 0.25) is 6.32 Å². The number of aliphatic carboxylic acids is 1. The van der Waals surface area contributed by atoms with E-state index in [0.717, 1.165) is 6.42 Å². The van der Waals surface area contributed by atoms with Gasteiger partial charge in [0.15, 0.2) is 0 Å². The highest BCUT2D eigenvalue weighted by molar-refractivity contribution is 6.45. The van der Waals surface area contributed by atoms with Gasteiger partial charge >= 0.3 is 13.1 Å². The second kappa shape index (κ2) is 5.54. The second-order valence-corrected chi connectivity index (χ2v) is 7.25. The van der Waals surface area contributed by atoms with E-state index in [1.54, 1.807) is 0 Å². The van der Waals surface area contributed by atoms with Crippen LogP contribution in [0.25, 0.3) is 0 Å². The number of hydrogen-bond acceptors (Lipinski definition) is 5. The van der Waals surface area contributed by atoms with Crippen LogP contribution in [0.15, 0.2) is 0 Å². The molecule has 2 heterocycles. The number of carboxylic acid groups (broad SMARTS) is 1. The predicted octanol–water partition coefficient (Wildman–Crippen LogP) is 0.894. The van der Waals surface area contributed by atoms with Gasteiger partial charge in [-0.15, -0.1) is 0 Å². The van der Waals surface area contributed by atoms with Crippen LogP contribution in [0.3, 0.4) is 0 Å². The van der Waals surface area contributed by atoms with Crippen molar-refractivity contribution in [3.8, 4) is 0 Å². The molecule has 0 aliphatic carbocycles. The van der Waals surface area contributed by atoms with E-state index in [9.17, 15) is 9.90 Å². The van der Waals surface area contributed by atoms with Crippen molar-refractivity contribution in [2.24, 2.45) is 5.41 Å². The fourth-order valence-corrected chi connectivity index (χ4v) is 3.00. The molecule has 0 amide bonds. The maximum absolute atomic E-state index is 11.1. The quantitative estimate of drug-likeness (QED) is 0.631. The fraction of sp³-hybridized carbons (Fsp3) is 0.929. The normalized spacial score (nSPS) is 33.8. The number of hydrogen-bond donors (Lipinski definition) is 3. The zero-order chi connectivity index (χ0) is 15.9. The molecule has 0 spiro atoms. The first-order valence-electron chi connectivity index (χ1n) is 7.56. The zero-order valence-electron chi connectivity index (χ0n) is 13.3. The number of carbonyl (C=O) groups is 1. The van der Waals surface area contributed by atoms with Gasteiger partial charge in [0.2, 0.25) is 0 Å². The summed E-state index contributed by atoms with van der Waals surface area (Å²) in [6.07, 6.45) is 2.13. The van der Waals surface area contributed by atoms with Gasteiger partial charge < -0.3 is 24.8 Å². The summed E-state index contributed by atoms with van der Waals surface area (Å²) in [6, 6.07) is -0.652. The van der Waals surface area contributed by atoms with Crippen LogP contribution in [0.4, 0.5) is 0 Å². The first-order chi connectivity index (χ1) is 9.63. The Bertz CT molecular complexity index is 394. The summed E-state index contributed by atoms with van der Waals surface area (Å²) in [5, 5.41) is 21.5. The van der Waals surface area contributed by atoms with Gasteiger partial charge in [-0.2, -0.15) is 0 Å². The predicted molar refractivity (Wildman–Crippen MR) is 79.1 cm³/mol. The third kappa shape index (κ3) is 2.97. The second-order valence-electron chi connectivity index (χ2n) is 7.25. The Labute approximate surface area is 126 Å². The third-order valence-corrected chi connectivity index (χ3v) is 5.25. The van der Waals surface area contributed by atoms with Crippen molar-refractivity contribution in [2.45, 2.75) is 64.1 Å². The molecule has 0 aromatic heterocycles. The van der Waals surface area contributed by atoms with E-state index in [1.807, 2.05) is 27.7 Å². The van der Waals surface area contributed by atoms with Crippen LogP contribution in [-0.2, 0) is 14.1 Å². The third-order valence-electron chi connectivity index (χ3n) is 5.25. The molecule has 6 nitrogen and oxygen atoms in total. The highest BCUT2D eigenvalue weighted by Gasteiger charge is 2.52. The van der Waals surface area contributed by atoms with Crippen molar-refractivity contribution in [1.82, 2.24) is 5.32 Å². The summed E-state index contributed by atoms with van der Waals surface area (Å²) < 4.78 is 11.8. The molecule has 0 aromatic carbocycles. The molecule has 2 atom stereocenters. The van der Waals surface area contributed by atoms with Crippen LogP contribution in [0, 0.1) is 5.41 Å². The summed E-state index contributed by atoms with van der Waals surface area (Å²) in [4.78, 5) is 11.1. The summed E-state index contributed by atoms with van der Waals surface area (Å²) in [6.45, 7) is 8.48. The summed E-state index contributed by atoms with van der Waals surface area (Å²) >= 11 is 0. The van der Waals surface area contributed by atoms with E-state index in [4.69, 9.17) is 14.4 Å². The lowest BCUT2D eigenvalue weighted by Crippen LogP contribution is -2.67. The molecule has 2 rings (SSSR count). The Hall–Kier alpha value is -0.625. The molecular weight excluding hydrogens is 273 g/mol. The molecule has 0 aromatic rings. The molecule has 2 unspecified atom stereocenters. The van der Waals surface area contributed by atoms with Gasteiger partial charge in [0, 0.05) is 12.0 Å². The molecule has 120 valence electrons. The van der Waals surface area contributed by atoms with Crippen LogP contribution < -0.4 is 5.32 Å². The Morgan fingerprint density at radius 1 is 1.29 bits per heavy atom. The van der Waals surface area contributed by atoms with Gasteiger partial charge in [0.1, 0.15) is 6.04 Å². The van der Waals surface area contributed by atoms with Crippen molar-refractivity contribution >= 4 is 13.1 Å². The van der Waals surface area contributed by atoms with Crippen LogP contribution in [0.1, 0.15) is 40.5 Å². The largest absolute Gasteiger partial charge is 0.480 e. The van der Waals surface area contributed by atoms with Crippen molar-refractivity contribution < 1.29 is 24.3 Å². The minimum absolute atomic E-state index is 0.111. The molecule has 3 N–H and O–H groups in total. The Morgan fingerprint density at radius 3 is 2.24 bits per heavy atom. The van der Waals surface area contributed by atoms with Crippen molar-refractivity contribution in [2.75, 3.05) is 13.2 Å². The summed E-state index contributed by atoms with van der Waals surface area (Å²) in [5.41, 5.74) is -1.22. The number of aliphatic hydroxyl groups is 1. The Morgan fingerprint density at radius 2 is 1.86 bits per heavy atom. The molecule has 21 heavy (non-hydrogen) atoms. The number of nitrogens with one attached hydrogen (secondary N) is 1. The molecule has 0 saturated carbocycles. The van der Waals surface area contributed by atoms with E-state index < -0.39 is 17.4 Å². The monoisotopic (exact) mass is 299 g/mol. The molecule has 2 saturated heterocycles. The van der Waals surface area contributed by atoms with Gasteiger partial charge in [-0.1, -0.05) is 6.42 Å². The van der Waals surface area contributed by atoms with Gasteiger partial charge in [-0.3, -0.25) is 4.79 Å². The minimum Gasteiger partial charge on any atom is -0.480 e. The zero-order valence-corrected chi connectivity index (χ0v) is 13.3. The topological polar surface area (TPSA) is 88.0 Å². The number of rotatable bonds is 6. The lowest BCUT2D eigenvalue weighted by molar-refractivity contribution is -0.150. The SMILES string of the molecule is CC1(C)OB(CCCC2(CO)CNC2C(=O)O)OC1(C)C. The Balaban J connectivity index is 1.84. The van der Waals surface area contributed by atoms with Crippen LogP contribution in [-0.4, -0.2) is 53.7 Å². The number of aliphatic hydroxyl groups excluding tert-OH is 1. The van der Waals surface area contributed by atoms with Crippen molar-refractivity contribution in [3.05, 3.63) is 0 Å². The average molecular weight is 299 g/mol. The first kappa shape index (κ1) is 16.7. The maximum atomic E-state index is 11.1. The molecular formula is C14H26BNO5. The van der Waals surface area contributed by atoms with E-state index >= 15 is 0 Å². The minimum atomic E-state index is -0.897. The van der Waals surface area contributed by atoms with Crippen LogP contribution >= 0.6 is 0 Å². The van der Waals surface area contributed by atoms with Gasteiger partial charge in [-0.25, -0.2) is 0 Å². The highest BCUT2D eigenvalue weighted by atomic mass is 16.7. The van der Waals surface area contributed by atoms with Gasteiger partial charge in [0.25, 0.3) is 0 Å². The van der Waals surface area contributed by atoms with E-state index in [0.29, 0.717) is 19.3 Å². The molecule has 2 fully saturated rings. The molecule has 0 radical (unpaired) electrons. The van der Waals surface area contributed by atoms with Crippen molar-refractivity contribution in [3.63, 3.8) is 0 Å². The first-order valence-corrected chi connectivity index (χ1v) is 7.56. The average Bonchev–Trinajstić information content (AvgIpc) is 2.51. The van der Waals surface area contributed by atoms with E-state index in [1.165, 1.54) is 0 Å². The summed E-state index contributed by atoms with van der Waals surface area (Å²) in [5.74, 6) is -0.897. The maximum Gasteiger partial charge on any atom is 0.457 e. The standard InChI is InChI=1S/C14H26BNO5/c1-12(2)13(3,4)21-15(20-12)7-5-6-14(9-17)8-16-10(14)11(18)19/h10,16-17H,5-9H2,1-4H3,(H,18,19). The lowest BCUT2D eigenvalue weighted by atomic mass is 9.68. The van der Waals surface area contributed by atoms with Crippen LogP contribution in [0.5, 0.6) is 0 Å². The lowest BCUT2D eigenvalue weighted by Gasteiger charge is -2.47.